The zero-order chi connectivity index (χ0) is 8.93. The van der Waals surface area contributed by atoms with E-state index in [9.17, 15) is 0 Å². The summed E-state index contributed by atoms with van der Waals surface area (Å²) in [6, 6.07) is 0. The fourth-order valence-corrected chi connectivity index (χ4v) is 2.52. The molecule has 0 bridgehead atoms. The summed E-state index contributed by atoms with van der Waals surface area (Å²) in [5.41, 5.74) is 0. The number of rotatable bonds is 3. The Morgan fingerprint density at radius 2 is 2.23 bits per heavy atom. The summed E-state index contributed by atoms with van der Waals surface area (Å²) in [4.78, 5) is 4.00. The van der Waals surface area contributed by atoms with Crippen molar-refractivity contribution in [3.05, 3.63) is 6.33 Å². The maximum absolute atomic E-state index is 4.00. The summed E-state index contributed by atoms with van der Waals surface area (Å²) in [5.74, 6) is 0.760. The molecule has 0 unspecified atom stereocenters. The van der Waals surface area contributed by atoms with Gasteiger partial charge in [-0.1, -0.05) is 19.3 Å². The second-order valence-electron chi connectivity index (χ2n) is 3.31. The van der Waals surface area contributed by atoms with Crippen LogP contribution in [0.4, 0.5) is 5.95 Å². The summed E-state index contributed by atoms with van der Waals surface area (Å²) in [5, 5.41) is 7.31. The molecule has 0 radical (unpaired) electrons. The van der Waals surface area contributed by atoms with Gasteiger partial charge in [0, 0.05) is 5.25 Å². The second kappa shape index (κ2) is 4.50. The highest BCUT2D eigenvalue weighted by Gasteiger charge is 2.13. The summed E-state index contributed by atoms with van der Waals surface area (Å²) >= 11 is 1.77. The molecule has 4 nitrogen and oxygen atoms in total. The maximum Gasteiger partial charge on any atom is 0.228 e. The standard InChI is InChI=1S/C8H14N4S/c1-2-4-7(5-3-1)13-12-8-9-6-10-11-8/h6-7H,1-5H2,(H2,9,10,11,12). The highest BCUT2D eigenvalue weighted by Crippen LogP contribution is 2.27. The fourth-order valence-electron chi connectivity index (χ4n) is 1.58. The van der Waals surface area contributed by atoms with Crippen molar-refractivity contribution in [2.24, 2.45) is 0 Å². The molecule has 5 heteroatoms. The minimum atomic E-state index is 0.749. The molecule has 2 rings (SSSR count). The Hall–Kier alpha value is -0.710. The molecular formula is C8H14N4S. The van der Waals surface area contributed by atoms with E-state index in [1.165, 1.54) is 38.4 Å². The molecular weight excluding hydrogens is 184 g/mol. The molecule has 13 heavy (non-hydrogen) atoms. The Bertz CT molecular complexity index is 230. The van der Waals surface area contributed by atoms with Crippen molar-refractivity contribution >= 4 is 17.9 Å². The number of anilines is 1. The molecule has 1 aliphatic rings. The third-order valence-corrected chi connectivity index (χ3v) is 3.41. The average Bonchev–Trinajstić information content (AvgIpc) is 2.69. The molecule has 1 aromatic heterocycles. The molecule has 0 amide bonds. The highest BCUT2D eigenvalue weighted by molar-refractivity contribution is 8.01. The molecule has 72 valence electrons. The number of aromatic nitrogens is 3. The lowest BCUT2D eigenvalue weighted by molar-refractivity contribution is 0.516. The van der Waals surface area contributed by atoms with Crippen LogP contribution in [0, 0.1) is 0 Å². The van der Waals surface area contributed by atoms with Crippen LogP contribution >= 0.6 is 11.9 Å². The molecule has 0 spiro atoms. The van der Waals surface area contributed by atoms with Gasteiger partial charge in [-0.3, -0.25) is 4.72 Å². The van der Waals surface area contributed by atoms with E-state index in [1.54, 1.807) is 11.9 Å². The largest absolute Gasteiger partial charge is 0.298 e. The van der Waals surface area contributed by atoms with Gasteiger partial charge in [0.2, 0.25) is 5.95 Å². The third-order valence-electron chi connectivity index (χ3n) is 2.29. The molecule has 1 heterocycles. The van der Waals surface area contributed by atoms with Gasteiger partial charge in [0.15, 0.2) is 0 Å². The molecule has 1 aromatic rings. The number of hydrogen-bond acceptors (Lipinski definition) is 4. The van der Waals surface area contributed by atoms with Crippen molar-refractivity contribution in [2.75, 3.05) is 4.72 Å². The molecule has 0 saturated heterocycles. The van der Waals surface area contributed by atoms with Crippen LogP contribution in [0.1, 0.15) is 32.1 Å². The fraction of sp³-hybridized carbons (Fsp3) is 0.750. The number of nitrogens with one attached hydrogen (secondary N) is 2. The Labute approximate surface area is 82.0 Å². The topological polar surface area (TPSA) is 53.6 Å². The predicted molar refractivity (Wildman–Crippen MR) is 54.5 cm³/mol. The van der Waals surface area contributed by atoms with E-state index in [2.05, 4.69) is 19.9 Å². The van der Waals surface area contributed by atoms with Gasteiger partial charge in [-0.15, -0.1) is 0 Å². The van der Waals surface area contributed by atoms with Gasteiger partial charge in [-0.05, 0) is 24.8 Å². The summed E-state index contributed by atoms with van der Waals surface area (Å²) < 4.78 is 3.18. The average molecular weight is 198 g/mol. The molecule has 0 atom stereocenters. The van der Waals surface area contributed by atoms with Gasteiger partial charge in [-0.2, -0.15) is 10.1 Å². The first kappa shape index (κ1) is 8.87. The van der Waals surface area contributed by atoms with Crippen LogP contribution in [0.5, 0.6) is 0 Å². The Morgan fingerprint density at radius 1 is 1.38 bits per heavy atom. The zero-order valence-electron chi connectivity index (χ0n) is 7.49. The van der Waals surface area contributed by atoms with Crippen molar-refractivity contribution in [2.45, 2.75) is 37.4 Å². The van der Waals surface area contributed by atoms with Crippen LogP contribution in [0.3, 0.4) is 0 Å². The Balaban J connectivity index is 1.72. The van der Waals surface area contributed by atoms with Crippen LogP contribution in [-0.2, 0) is 0 Å². The lowest BCUT2D eigenvalue weighted by Gasteiger charge is -2.20. The monoisotopic (exact) mass is 198 g/mol. The first-order valence-corrected chi connectivity index (χ1v) is 5.60. The van der Waals surface area contributed by atoms with E-state index < -0.39 is 0 Å². The van der Waals surface area contributed by atoms with E-state index in [1.807, 2.05) is 0 Å². The van der Waals surface area contributed by atoms with E-state index in [4.69, 9.17) is 0 Å². The van der Waals surface area contributed by atoms with E-state index in [0.717, 1.165) is 11.2 Å². The van der Waals surface area contributed by atoms with Crippen LogP contribution in [0.25, 0.3) is 0 Å². The van der Waals surface area contributed by atoms with Crippen LogP contribution in [0.15, 0.2) is 6.33 Å². The quantitative estimate of drug-likeness (QED) is 0.731. The second-order valence-corrected chi connectivity index (χ2v) is 4.42. The van der Waals surface area contributed by atoms with Gasteiger partial charge in [-0.25, -0.2) is 5.10 Å². The smallest absolute Gasteiger partial charge is 0.228 e. The maximum atomic E-state index is 4.00. The minimum absolute atomic E-state index is 0.749. The highest BCUT2D eigenvalue weighted by atomic mass is 32.2. The van der Waals surface area contributed by atoms with Crippen LogP contribution in [0.2, 0.25) is 0 Å². The Morgan fingerprint density at radius 3 is 2.92 bits per heavy atom. The summed E-state index contributed by atoms with van der Waals surface area (Å²) in [6.45, 7) is 0. The van der Waals surface area contributed by atoms with Crippen molar-refractivity contribution < 1.29 is 0 Å². The lowest BCUT2D eigenvalue weighted by atomic mass is 10.0. The van der Waals surface area contributed by atoms with Crippen LogP contribution in [-0.4, -0.2) is 20.4 Å². The van der Waals surface area contributed by atoms with Gasteiger partial charge in [0.1, 0.15) is 6.33 Å². The van der Waals surface area contributed by atoms with Crippen molar-refractivity contribution in [3.63, 3.8) is 0 Å². The predicted octanol–water partition coefficient (Wildman–Crippen LogP) is 2.20. The minimum Gasteiger partial charge on any atom is -0.298 e. The summed E-state index contributed by atoms with van der Waals surface area (Å²) in [7, 11) is 0. The number of nitrogens with zero attached hydrogens (tertiary/aromatic N) is 2. The number of hydrogen-bond donors (Lipinski definition) is 2. The van der Waals surface area contributed by atoms with Gasteiger partial charge in [0.25, 0.3) is 0 Å². The molecule has 0 aromatic carbocycles. The number of H-pyrrole nitrogens is 1. The Kier molecular flexibility index (Phi) is 3.07. The van der Waals surface area contributed by atoms with Crippen molar-refractivity contribution in [3.8, 4) is 0 Å². The zero-order valence-corrected chi connectivity index (χ0v) is 8.31. The van der Waals surface area contributed by atoms with Gasteiger partial charge >= 0.3 is 0 Å². The van der Waals surface area contributed by atoms with Gasteiger partial charge in [0.05, 0.1) is 0 Å². The third kappa shape index (κ3) is 2.62. The first-order chi connectivity index (χ1) is 6.45. The molecule has 1 fully saturated rings. The normalized spacial score (nSPS) is 18.8. The lowest BCUT2D eigenvalue weighted by Crippen LogP contribution is -2.10. The first-order valence-electron chi connectivity index (χ1n) is 4.72. The molecule has 2 N–H and O–H groups in total. The van der Waals surface area contributed by atoms with E-state index >= 15 is 0 Å². The van der Waals surface area contributed by atoms with E-state index in [0.29, 0.717) is 0 Å². The van der Waals surface area contributed by atoms with Crippen LogP contribution < -0.4 is 4.72 Å². The van der Waals surface area contributed by atoms with Crippen molar-refractivity contribution in [1.82, 2.24) is 15.2 Å². The SMILES string of the molecule is c1n[nH]c(NSC2CCCCC2)n1. The molecule has 1 aliphatic carbocycles. The summed E-state index contributed by atoms with van der Waals surface area (Å²) in [6.07, 6.45) is 8.31. The molecule has 1 saturated carbocycles. The number of aromatic amines is 1. The van der Waals surface area contributed by atoms with E-state index in [-0.39, 0.29) is 0 Å². The van der Waals surface area contributed by atoms with Gasteiger partial charge < -0.3 is 0 Å². The molecule has 0 aliphatic heterocycles. The van der Waals surface area contributed by atoms with Crippen molar-refractivity contribution in [1.29, 1.82) is 0 Å².